The Morgan fingerprint density at radius 1 is 1.26 bits per heavy atom. The van der Waals surface area contributed by atoms with E-state index in [0.29, 0.717) is 12.8 Å². The highest BCUT2D eigenvalue weighted by Gasteiger charge is 2.49. The number of ether oxygens (including phenoxy) is 1. The summed E-state index contributed by atoms with van der Waals surface area (Å²) in [4.78, 5) is 46.8. The zero-order valence-corrected chi connectivity index (χ0v) is 11.3. The molecule has 0 aromatic heterocycles. The number of rotatable bonds is 6. The van der Waals surface area contributed by atoms with Crippen LogP contribution in [0.1, 0.15) is 33.6 Å². The molecule has 0 atom stereocenters. The van der Waals surface area contributed by atoms with E-state index in [-0.39, 0.29) is 12.4 Å². The van der Waals surface area contributed by atoms with Crippen molar-refractivity contribution in [1.29, 1.82) is 0 Å². The summed E-state index contributed by atoms with van der Waals surface area (Å²) in [6.07, 6.45) is 0.903. The second-order valence-corrected chi connectivity index (χ2v) is 4.47. The lowest BCUT2D eigenvalue weighted by atomic mass is 9.93. The normalized spacial score (nSPS) is 17.3. The lowest BCUT2D eigenvalue weighted by Gasteiger charge is -2.22. The fourth-order valence-corrected chi connectivity index (χ4v) is 1.91. The van der Waals surface area contributed by atoms with Crippen molar-refractivity contribution >= 4 is 23.7 Å². The minimum atomic E-state index is -0.933. The van der Waals surface area contributed by atoms with E-state index in [1.165, 1.54) is 6.92 Å². The number of esters is 1. The van der Waals surface area contributed by atoms with E-state index in [0.717, 1.165) is 4.90 Å². The minimum absolute atomic E-state index is 0.304. The third-order valence-electron chi connectivity index (χ3n) is 3.18. The summed E-state index contributed by atoms with van der Waals surface area (Å²) in [6.45, 7) is 4.04. The Bertz CT molecular complexity index is 414. The van der Waals surface area contributed by atoms with Gasteiger partial charge in [-0.25, -0.2) is 4.79 Å². The smallest absolute Gasteiger partial charge is 0.326 e. The Hall–Kier alpha value is -1.92. The van der Waals surface area contributed by atoms with E-state index in [4.69, 9.17) is 0 Å². The fourth-order valence-electron chi connectivity index (χ4n) is 1.91. The molecule has 0 spiro atoms. The summed E-state index contributed by atoms with van der Waals surface area (Å²) in [5.41, 5.74) is -0.933. The molecule has 0 radical (unpaired) electrons. The van der Waals surface area contributed by atoms with Crippen LogP contribution in [0.25, 0.3) is 0 Å². The maximum atomic E-state index is 12.1. The van der Waals surface area contributed by atoms with Gasteiger partial charge < -0.3 is 10.1 Å². The molecule has 0 bridgehead atoms. The van der Waals surface area contributed by atoms with Crippen molar-refractivity contribution in [2.24, 2.45) is 0 Å². The minimum Gasteiger partial charge on any atom is -0.456 e. The molecule has 106 valence electrons. The van der Waals surface area contributed by atoms with E-state index in [9.17, 15) is 19.2 Å². The number of Topliss-reactive ketones (excluding diaryl/α,β-unsaturated/α-hetero) is 1. The Labute approximate surface area is 111 Å². The van der Waals surface area contributed by atoms with E-state index in [1.54, 1.807) is 13.8 Å². The number of carbonyl (C=O) groups excluding carboxylic acids is 4. The van der Waals surface area contributed by atoms with Gasteiger partial charge in [0.25, 0.3) is 5.91 Å². The van der Waals surface area contributed by atoms with Crippen molar-refractivity contribution in [3.8, 4) is 0 Å². The maximum Gasteiger partial charge on any atom is 0.326 e. The van der Waals surface area contributed by atoms with Gasteiger partial charge in [-0.3, -0.25) is 19.3 Å². The van der Waals surface area contributed by atoms with Crippen molar-refractivity contribution in [1.82, 2.24) is 10.2 Å². The van der Waals surface area contributed by atoms with E-state index in [2.05, 4.69) is 10.1 Å². The zero-order chi connectivity index (χ0) is 14.6. The Kier molecular flexibility index (Phi) is 4.63. The van der Waals surface area contributed by atoms with Crippen LogP contribution in [-0.2, 0) is 19.1 Å². The van der Waals surface area contributed by atoms with Gasteiger partial charge in [-0.15, -0.1) is 0 Å². The number of carbonyl (C=O) groups is 4. The summed E-state index contributed by atoms with van der Waals surface area (Å²) in [5, 5.41) is 2.60. The number of amides is 3. The van der Waals surface area contributed by atoms with Crippen LogP contribution in [-0.4, -0.2) is 47.3 Å². The van der Waals surface area contributed by atoms with Gasteiger partial charge in [-0.05, 0) is 19.8 Å². The largest absolute Gasteiger partial charge is 0.456 e. The van der Waals surface area contributed by atoms with Gasteiger partial charge in [0.15, 0.2) is 5.78 Å². The van der Waals surface area contributed by atoms with Gasteiger partial charge in [-0.1, -0.05) is 13.8 Å². The molecule has 1 N–H and O–H groups in total. The van der Waals surface area contributed by atoms with Crippen LogP contribution in [0.15, 0.2) is 0 Å². The second-order valence-electron chi connectivity index (χ2n) is 4.47. The van der Waals surface area contributed by atoms with Crippen LogP contribution < -0.4 is 5.32 Å². The molecule has 1 rings (SSSR count). The number of urea groups is 1. The molecule has 0 saturated carbocycles. The number of nitrogens with one attached hydrogen (secondary N) is 1. The van der Waals surface area contributed by atoms with Crippen molar-refractivity contribution in [2.75, 3.05) is 13.2 Å². The molecule has 0 unspecified atom stereocenters. The summed E-state index contributed by atoms with van der Waals surface area (Å²) in [5.74, 6) is -1.51. The summed E-state index contributed by atoms with van der Waals surface area (Å²) < 4.78 is 4.64. The quantitative estimate of drug-likeness (QED) is 0.551. The first-order valence-electron chi connectivity index (χ1n) is 6.15. The number of hydrogen-bond donors (Lipinski definition) is 1. The lowest BCUT2D eigenvalue weighted by Crippen LogP contribution is -2.46. The van der Waals surface area contributed by atoms with Crippen LogP contribution in [0.2, 0.25) is 0 Å². The van der Waals surface area contributed by atoms with Gasteiger partial charge in [0.05, 0.1) is 0 Å². The third-order valence-corrected chi connectivity index (χ3v) is 3.18. The lowest BCUT2D eigenvalue weighted by molar-refractivity contribution is -0.150. The summed E-state index contributed by atoms with van der Waals surface area (Å²) in [6, 6.07) is -0.603. The summed E-state index contributed by atoms with van der Waals surface area (Å²) in [7, 11) is 0. The molecule has 7 heteroatoms. The van der Waals surface area contributed by atoms with Crippen molar-refractivity contribution in [3.63, 3.8) is 0 Å². The molecule has 3 amide bonds. The number of hydrogen-bond acceptors (Lipinski definition) is 5. The molecule has 1 aliphatic rings. The molecule has 0 aromatic carbocycles. The molecule has 1 heterocycles. The van der Waals surface area contributed by atoms with Crippen LogP contribution in [0.4, 0.5) is 4.79 Å². The average molecular weight is 270 g/mol. The van der Waals surface area contributed by atoms with Gasteiger partial charge in [0, 0.05) is 0 Å². The van der Waals surface area contributed by atoms with Crippen LogP contribution in [0, 0.1) is 0 Å². The summed E-state index contributed by atoms with van der Waals surface area (Å²) >= 11 is 0. The van der Waals surface area contributed by atoms with Crippen LogP contribution >= 0.6 is 0 Å². The second kappa shape index (κ2) is 5.81. The molecule has 1 fully saturated rings. The first-order chi connectivity index (χ1) is 8.86. The number of ketones is 1. The van der Waals surface area contributed by atoms with Gasteiger partial charge in [0.1, 0.15) is 18.7 Å². The van der Waals surface area contributed by atoms with Crippen molar-refractivity contribution in [3.05, 3.63) is 0 Å². The monoisotopic (exact) mass is 270 g/mol. The number of nitrogens with zero attached hydrogens (tertiary/aromatic N) is 1. The third kappa shape index (κ3) is 3.10. The van der Waals surface area contributed by atoms with Crippen molar-refractivity contribution in [2.45, 2.75) is 39.2 Å². The van der Waals surface area contributed by atoms with Gasteiger partial charge in [-0.2, -0.15) is 0 Å². The first-order valence-corrected chi connectivity index (χ1v) is 6.15. The molecule has 19 heavy (non-hydrogen) atoms. The highest BCUT2D eigenvalue weighted by atomic mass is 16.5. The highest BCUT2D eigenvalue weighted by molar-refractivity contribution is 6.08. The van der Waals surface area contributed by atoms with Gasteiger partial charge >= 0.3 is 12.0 Å². The highest BCUT2D eigenvalue weighted by Crippen LogP contribution is 2.24. The maximum absolute atomic E-state index is 12.1. The Morgan fingerprint density at radius 2 is 1.84 bits per heavy atom. The molecule has 1 aliphatic heterocycles. The molecular weight excluding hydrogens is 252 g/mol. The average Bonchev–Trinajstić information content (AvgIpc) is 2.61. The molecule has 7 nitrogen and oxygen atoms in total. The fraction of sp³-hybridized carbons (Fsp3) is 0.667. The molecule has 0 aromatic rings. The van der Waals surface area contributed by atoms with Crippen LogP contribution in [0.5, 0.6) is 0 Å². The molecule has 0 aliphatic carbocycles. The molecular formula is C12H18N2O5. The van der Waals surface area contributed by atoms with Crippen molar-refractivity contribution < 1.29 is 23.9 Å². The number of imide groups is 1. The molecule has 1 saturated heterocycles. The van der Waals surface area contributed by atoms with E-state index >= 15 is 0 Å². The Morgan fingerprint density at radius 3 is 2.26 bits per heavy atom. The van der Waals surface area contributed by atoms with Gasteiger partial charge in [0.2, 0.25) is 0 Å². The van der Waals surface area contributed by atoms with E-state index < -0.39 is 30.0 Å². The Balaban J connectivity index is 2.69. The predicted octanol–water partition coefficient (Wildman–Crippen LogP) is 0.229. The first kappa shape index (κ1) is 15.1. The standard InChI is InChI=1S/C12H18N2O5/c1-4-12(5-2)10(17)14(11(18)13-12)6-9(16)19-7-8(3)15/h4-7H2,1-3H3,(H,13,18). The topological polar surface area (TPSA) is 92.8 Å². The van der Waals surface area contributed by atoms with E-state index in [1.807, 2.05) is 0 Å². The zero-order valence-electron chi connectivity index (χ0n) is 11.3. The predicted molar refractivity (Wildman–Crippen MR) is 65.2 cm³/mol. The van der Waals surface area contributed by atoms with Crippen LogP contribution in [0.3, 0.4) is 0 Å². The SMILES string of the molecule is CCC1(CC)NC(=O)N(CC(=O)OCC(C)=O)C1=O.